The van der Waals surface area contributed by atoms with Gasteiger partial charge in [-0.2, -0.15) is 4.98 Å². The minimum Gasteiger partial charge on any atom is -0.423 e. The molecule has 2 aromatic rings. The van der Waals surface area contributed by atoms with Gasteiger partial charge in [0.05, 0.1) is 0 Å². The minimum absolute atomic E-state index is 0.0297. The van der Waals surface area contributed by atoms with Gasteiger partial charge in [-0.05, 0) is 24.6 Å². The summed E-state index contributed by atoms with van der Waals surface area (Å²) in [6.07, 6.45) is 1.59. The number of benzene rings is 1. The van der Waals surface area contributed by atoms with E-state index in [0.29, 0.717) is 11.8 Å². The summed E-state index contributed by atoms with van der Waals surface area (Å²) in [7, 11) is 1.79. The van der Waals surface area contributed by atoms with Crippen LogP contribution >= 0.6 is 0 Å². The number of hydrogen-bond donors (Lipinski definition) is 1. The molecule has 84 valence electrons. The molecule has 0 amide bonds. The van der Waals surface area contributed by atoms with Crippen molar-refractivity contribution in [3.05, 3.63) is 36.2 Å². The van der Waals surface area contributed by atoms with Gasteiger partial charge in [-0.3, -0.25) is 4.68 Å². The highest BCUT2D eigenvalue weighted by Gasteiger charge is 2.03. The molecule has 0 bridgehead atoms. The molecule has 2 N–H and O–H groups in total. The molecule has 0 unspecified atom stereocenters. The molecule has 0 saturated heterocycles. The Morgan fingerprint density at radius 2 is 2.00 bits per heavy atom. The van der Waals surface area contributed by atoms with E-state index in [9.17, 15) is 0 Å². The number of aryl methyl sites for hydroxylation is 1. The second-order valence-corrected chi connectivity index (χ2v) is 3.66. The van der Waals surface area contributed by atoms with Gasteiger partial charge in [0.2, 0.25) is 0 Å². The molecule has 0 aliphatic carbocycles. The lowest BCUT2D eigenvalue weighted by Gasteiger charge is -2.06. The highest BCUT2D eigenvalue weighted by Crippen LogP contribution is 2.19. The Morgan fingerprint density at radius 1 is 1.31 bits per heavy atom. The zero-order valence-electron chi connectivity index (χ0n) is 9.29. The topological polar surface area (TPSA) is 66.0 Å². The molecular formula is C11H14N4O. The Balaban J connectivity index is 2.11. The number of nitrogens with zero attached hydrogens (tertiary/aromatic N) is 3. The maximum atomic E-state index is 5.75. The summed E-state index contributed by atoms with van der Waals surface area (Å²) in [4.78, 5) is 3.97. The first kappa shape index (κ1) is 10.6. The van der Waals surface area contributed by atoms with E-state index in [0.717, 1.165) is 5.56 Å². The zero-order valence-corrected chi connectivity index (χ0v) is 9.29. The van der Waals surface area contributed by atoms with E-state index in [2.05, 4.69) is 10.1 Å². The fourth-order valence-electron chi connectivity index (χ4n) is 1.31. The summed E-state index contributed by atoms with van der Waals surface area (Å²) in [6, 6.07) is 7.95. The predicted molar refractivity (Wildman–Crippen MR) is 60.1 cm³/mol. The third-order valence-electron chi connectivity index (χ3n) is 2.19. The van der Waals surface area contributed by atoms with Gasteiger partial charge in [0.1, 0.15) is 12.1 Å². The van der Waals surface area contributed by atoms with Crippen molar-refractivity contribution in [1.29, 1.82) is 0 Å². The summed E-state index contributed by atoms with van der Waals surface area (Å²) in [5.41, 5.74) is 6.82. The fraction of sp³-hybridized carbons (Fsp3) is 0.273. The Bertz CT molecular complexity index is 461. The lowest BCUT2D eigenvalue weighted by atomic mass is 10.1. The predicted octanol–water partition coefficient (Wildman–Crippen LogP) is 1.63. The highest BCUT2D eigenvalue weighted by molar-refractivity contribution is 5.30. The van der Waals surface area contributed by atoms with Gasteiger partial charge in [0, 0.05) is 13.1 Å². The van der Waals surface area contributed by atoms with Crippen LogP contribution in [0.3, 0.4) is 0 Å². The molecule has 1 aromatic carbocycles. The molecule has 5 nitrogen and oxygen atoms in total. The highest BCUT2D eigenvalue weighted by atomic mass is 16.5. The third kappa shape index (κ3) is 2.38. The smallest absolute Gasteiger partial charge is 0.340 e. The first-order chi connectivity index (χ1) is 7.65. The number of rotatable bonds is 3. The molecule has 1 aromatic heterocycles. The summed E-state index contributed by atoms with van der Waals surface area (Å²) < 4.78 is 7.04. The van der Waals surface area contributed by atoms with Crippen molar-refractivity contribution in [3.8, 4) is 11.8 Å². The lowest BCUT2D eigenvalue weighted by molar-refractivity contribution is 0.438. The molecule has 1 atom stereocenters. The second-order valence-electron chi connectivity index (χ2n) is 3.66. The molecule has 16 heavy (non-hydrogen) atoms. The maximum Gasteiger partial charge on any atom is 0.340 e. The molecular weight excluding hydrogens is 204 g/mol. The van der Waals surface area contributed by atoms with E-state index in [1.54, 1.807) is 18.1 Å². The Morgan fingerprint density at radius 3 is 2.50 bits per heavy atom. The van der Waals surface area contributed by atoms with E-state index >= 15 is 0 Å². The SMILES string of the molecule is C[C@@H](N)c1ccc(Oc2ncn(C)n2)cc1. The molecule has 0 fully saturated rings. The van der Waals surface area contributed by atoms with Gasteiger partial charge >= 0.3 is 6.01 Å². The van der Waals surface area contributed by atoms with E-state index in [-0.39, 0.29) is 6.04 Å². The Kier molecular flexibility index (Phi) is 2.87. The molecule has 0 aliphatic rings. The van der Waals surface area contributed by atoms with Crippen LogP contribution in [0.15, 0.2) is 30.6 Å². The molecule has 5 heteroatoms. The van der Waals surface area contributed by atoms with E-state index < -0.39 is 0 Å². The van der Waals surface area contributed by atoms with Crippen LogP contribution in [-0.4, -0.2) is 14.8 Å². The van der Waals surface area contributed by atoms with Crippen LogP contribution in [0, 0.1) is 0 Å². The quantitative estimate of drug-likeness (QED) is 0.850. The van der Waals surface area contributed by atoms with Gasteiger partial charge in [-0.1, -0.05) is 12.1 Å². The van der Waals surface area contributed by atoms with Gasteiger partial charge < -0.3 is 10.5 Å². The van der Waals surface area contributed by atoms with Crippen LogP contribution in [0.2, 0.25) is 0 Å². The van der Waals surface area contributed by atoms with Crippen LogP contribution in [0.4, 0.5) is 0 Å². The van der Waals surface area contributed by atoms with E-state index in [1.165, 1.54) is 0 Å². The molecule has 0 saturated carbocycles. The summed E-state index contributed by atoms with van der Waals surface area (Å²) in [5.74, 6) is 0.704. The molecule has 0 aliphatic heterocycles. The van der Waals surface area contributed by atoms with Crippen LogP contribution in [-0.2, 0) is 7.05 Å². The van der Waals surface area contributed by atoms with Crippen LogP contribution < -0.4 is 10.5 Å². The fourth-order valence-corrected chi connectivity index (χ4v) is 1.31. The average Bonchev–Trinajstić information content (AvgIpc) is 2.65. The normalized spacial score (nSPS) is 12.4. The standard InChI is InChI=1S/C11H14N4O/c1-8(12)9-3-5-10(6-4-9)16-11-13-7-15(2)14-11/h3-8H,12H2,1-2H3/t8-/m1/s1. The van der Waals surface area contributed by atoms with Gasteiger partial charge in [0.25, 0.3) is 0 Å². The maximum absolute atomic E-state index is 5.75. The van der Waals surface area contributed by atoms with Crippen LogP contribution in [0.1, 0.15) is 18.5 Å². The third-order valence-corrected chi connectivity index (χ3v) is 2.19. The van der Waals surface area contributed by atoms with Crippen molar-refractivity contribution < 1.29 is 4.74 Å². The first-order valence-corrected chi connectivity index (χ1v) is 5.04. The van der Waals surface area contributed by atoms with Crippen molar-refractivity contribution in [2.24, 2.45) is 12.8 Å². The van der Waals surface area contributed by atoms with Crippen LogP contribution in [0.25, 0.3) is 0 Å². The Hall–Kier alpha value is -1.88. The first-order valence-electron chi connectivity index (χ1n) is 5.04. The lowest BCUT2D eigenvalue weighted by Crippen LogP contribution is -2.04. The zero-order chi connectivity index (χ0) is 11.5. The van der Waals surface area contributed by atoms with Crippen molar-refractivity contribution in [2.75, 3.05) is 0 Å². The number of ether oxygens (including phenoxy) is 1. The van der Waals surface area contributed by atoms with Gasteiger partial charge in [-0.25, -0.2) is 0 Å². The van der Waals surface area contributed by atoms with Crippen molar-refractivity contribution >= 4 is 0 Å². The Labute approximate surface area is 93.9 Å². The molecule has 1 heterocycles. The van der Waals surface area contributed by atoms with E-state index in [4.69, 9.17) is 10.5 Å². The summed E-state index contributed by atoms with van der Waals surface area (Å²) in [5, 5.41) is 4.02. The van der Waals surface area contributed by atoms with Crippen molar-refractivity contribution in [3.63, 3.8) is 0 Å². The van der Waals surface area contributed by atoms with E-state index in [1.807, 2.05) is 31.2 Å². The average molecular weight is 218 g/mol. The monoisotopic (exact) mass is 218 g/mol. The summed E-state index contributed by atoms with van der Waals surface area (Å²) >= 11 is 0. The van der Waals surface area contributed by atoms with Gasteiger partial charge in [0.15, 0.2) is 0 Å². The number of nitrogens with two attached hydrogens (primary N) is 1. The molecule has 0 radical (unpaired) electrons. The number of hydrogen-bond acceptors (Lipinski definition) is 4. The van der Waals surface area contributed by atoms with Crippen LogP contribution in [0.5, 0.6) is 11.8 Å². The largest absolute Gasteiger partial charge is 0.423 e. The molecule has 0 spiro atoms. The van der Waals surface area contributed by atoms with Gasteiger partial charge in [-0.15, -0.1) is 5.10 Å². The molecule has 2 rings (SSSR count). The minimum atomic E-state index is 0.0297. The summed E-state index contributed by atoms with van der Waals surface area (Å²) in [6.45, 7) is 1.94. The number of aromatic nitrogens is 3. The second kappa shape index (κ2) is 4.32. The van der Waals surface area contributed by atoms with Crippen molar-refractivity contribution in [1.82, 2.24) is 14.8 Å². The van der Waals surface area contributed by atoms with Crippen molar-refractivity contribution in [2.45, 2.75) is 13.0 Å².